The Morgan fingerprint density at radius 1 is 1.56 bits per heavy atom. The number of nitrogens with two attached hydrogens (primary N) is 1. The molecule has 0 spiro atoms. The average Bonchev–Trinajstić information content (AvgIpc) is 2.19. The van der Waals surface area contributed by atoms with Crippen LogP contribution in [0.4, 0.5) is 18.9 Å². The average molecular weight is 233 g/mol. The van der Waals surface area contributed by atoms with Crippen LogP contribution >= 0.6 is 0 Å². The Hall–Kier alpha value is -2.01. The number of aliphatic hydroxyl groups is 1. The van der Waals surface area contributed by atoms with E-state index in [2.05, 4.69) is 9.72 Å². The smallest absolute Gasteiger partial charge is 0.403 e. The highest BCUT2D eigenvalue weighted by molar-refractivity contribution is 5.58. The first kappa shape index (κ1) is 12.1. The van der Waals surface area contributed by atoms with Gasteiger partial charge in [-0.3, -0.25) is 0 Å². The molecule has 0 radical (unpaired) electrons. The summed E-state index contributed by atoms with van der Waals surface area (Å²) in [6, 6.07) is 1.53. The molecule has 0 atom stereocenters. The molecule has 86 valence electrons. The van der Waals surface area contributed by atoms with E-state index in [4.69, 9.17) is 16.1 Å². The Morgan fingerprint density at radius 3 is 2.62 bits per heavy atom. The van der Waals surface area contributed by atoms with Gasteiger partial charge in [-0.2, -0.15) is 5.26 Å². The third kappa shape index (κ3) is 2.52. The van der Waals surface area contributed by atoms with E-state index in [0.29, 0.717) is 0 Å². The van der Waals surface area contributed by atoms with Gasteiger partial charge in [0, 0.05) is 0 Å². The molecule has 0 amide bonds. The minimum atomic E-state index is -4.95. The van der Waals surface area contributed by atoms with Crippen molar-refractivity contribution in [3.63, 3.8) is 0 Å². The monoisotopic (exact) mass is 233 g/mol. The minimum Gasteiger partial charge on any atom is -0.403 e. The molecule has 0 bridgehead atoms. The van der Waals surface area contributed by atoms with Crippen molar-refractivity contribution in [1.29, 1.82) is 5.26 Å². The van der Waals surface area contributed by atoms with Crippen molar-refractivity contribution in [1.82, 2.24) is 4.98 Å². The first-order valence-corrected chi connectivity index (χ1v) is 3.93. The number of nitrogen functional groups attached to an aromatic ring is 1. The van der Waals surface area contributed by atoms with Gasteiger partial charge in [0.05, 0.1) is 24.1 Å². The SMILES string of the molecule is N#Cc1ncc(N)c(OC(F)(F)F)c1CO. The first-order chi connectivity index (χ1) is 7.39. The van der Waals surface area contributed by atoms with E-state index in [1.165, 1.54) is 6.07 Å². The molecule has 16 heavy (non-hydrogen) atoms. The lowest BCUT2D eigenvalue weighted by Crippen LogP contribution is -2.20. The second-order valence-electron chi connectivity index (χ2n) is 2.69. The first-order valence-electron chi connectivity index (χ1n) is 3.93. The molecule has 8 heteroatoms. The molecule has 0 fully saturated rings. The molecular weight excluding hydrogens is 227 g/mol. The van der Waals surface area contributed by atoms with Gasteiger partial charge in [0.1, 0.15) is 11.8 Å². The van der Waals surface area contributed by atoms with Gasteiger partial charge >= 0.3 is 6.36 Å². The number of ether oxygens (including phenoxy) is 1. The number of aliphatic hydroxyl groups excluding tert-OH is 1. The van der Waals surface area contributed by atoms with Gasteiger partial charge in [-0.15, -0.1) is 13.2 Å². The summed E-state index contributed by atoms with van der Waals surface area (Å²) in [6.45, 7) is -0.827. The van der Waals surface area contributed by atoms with Crippen LogP contribution in [-0.2, 0) is 6.61 Å². The number of hydrogen-bond donors (Lipinski definition) is 2. The molecule has 0 aromatic carbocycles. The second-order valence-corrected chi connectivity index (χ2v) is 2.69. The largest absolute Gasteiger partial charge is 0.573 e. The Kier molecular flexibility index (Phi) is 3.20. The van der Waals surface area contributed by atoms with Gasteiger partial charge < -0.3 is 15.6 Å². The lowest BCUT2D eigenvalue weighted by molar-refractivity contribution is -0.274. The summed E-state index contributed by atoms with van der Waals surface area (Å²) in [7, 11) is 0. The highest BCUT2D eigenvalue weighted by Crippen LogP contribution is 2.32. The van der Waals surface area contributed by atoms with Crippen LogP contribution in [0, 0.1) is 11.3 Å². The van der Waals surface area contributed by atoms with Crippen LogP contribution in [0.1, 0.15) is 11.3 Å². The van der Waals surface area contributed by atoms with E-state index >= 15 is 0 Å². The quantitative estimate of drug-likeness (QED) is 0.792. The third-order valence-electron chi connectivity index (χ3n) is 1.64. The van der Waals surface area contributed by atoms with Crippen molar-refractivity contribution in [2.45, 2.75) is 13.0 Å². The van der Waals surface area contributed by atoms with E-state index in [-0.39, 0.29) is 11.3 Å². The van der Waals surface area contributed by atoms with Crippen molar-refractivity contribution < 1.29 is 23.0 Å². The molecule has 5 nitrogen and oxygen atoms in total. The Bertz CT molecular complexity index is 439. The van der Waals surface area contributed by atoms with Crippen molar-refractivity contribution in [3.05, 3.63) is 17.5 Å². The molecule has 0 aliphatic rings. The molecule has 0 unspecified atom stereocenters. The van der Waals surface area contributed by atoms with Gasteiger partial charge in [0.15, 0.2) is 5.75 Å². The number of alkyl halides is 3. The normalized spacial score (nSPS) is 10.9. The predicted molar refractivity (Wildman–Crippen MR) is 46.0 cm³/mol. The molecular formula is C8H6F3N3O2. The summed E-state index contributed by atoms with van der Waals surface area (Å²) < 4.78 is 39.7. The van der Waals surface area contributed by atoms with Crippen LogP contribution in [0.2, 0.25) is 0 Å². The van der Waals surface area contributed by atoms with Gasteiger partial charge in [-0.05, 0) is 0 Å². The maximum Gasteiger partial charge on any atom is 0.573 e. The Labute approximate surface area is 87.9 Å². The van der Waals surface area contributed by atoms with Crippen LogP contribution in [0.15, 0.2) is 6.20 Å². The van der Waals surface area contributed by atoms with E-state index in [1.807, 2.05) is 0 Å². The highest BCUT2D eigenvalue weighted by Gasteiger charge is 2.33. The van der Waals surface area contributed by atoms with E-state index in [0.717, 1.165) is 6.20 Å². The van der Waals surface area contributed by atoms with Gasteiger partial charge in [0.25, 0.3) is 0 Å². The molecule has 0 saturated carbocycles. The van der Waals surface area contributed by atoms with Crippen molar-refractivity contribution in [3.8, 4) is 11.8 Å². The van der Waals surface area contributed by atoms with E-state index < -0.39 is 24.4 Å². The molecule has 1 heterocycles. The maximum atomic E-state index is 12.0. The molecule has 0 aliphatic heterocycles. The predicted octanol–water partition coefficient (Wildman–Crippen LogP) is 0.926. The zero-order chi connectivity index (χ0) is 12.3. The molecule has 1 aromatic heterocycles. The number of aromatic nitrogens is 1. The van der Waals surface area contributed by atoms with Gasteiger partial charge in [-0.25, -0.2) is 4.98 Å². The number of rotatable bonds is 2. The third-order valence-corrected chi connectivity index (χ3v) is 1.64. The molecule has 1 aromatic rings. The summed E-state index contributed by atoms with van der Waals surface area (Å²) in [6.07, 6.45) is -4.09. The molecule has 3 N–H and O–H groups in total. The lowest BCUT2D eigenvalue weighted by Gasteiger charge is -2.14. The number of pyridine rings is 1. The fourth-order valence-electron chi connectivity index (χ4n) is 1.03. The fraction of sp³-hybridized carbons (Fsp3) is 0.250. The van der Waals surface area contributed by atoms with Crippen LogP contribution in [0.5, 0.6) is 5.75 Å². The second kappa shape index (κ2) is 4.24. The summed E-state index contributed by atoms with van der Waals surface area (Å²) in [4.78, 5) is 3.46. The topological polar surface area (TPSA) is 92.2 Å². The highest BCUT2D eigenvalue weighted by atomic mass is 19.4. The summed E-state index contributed by atoms with van der Waals surface area (Å²) in [5.74, 6) is -0.790. The van der Waals surface area contributed by atoms with Gasteiger partial charge in [-0.1, -0.05) is 0 Å². The molecule has 0 saturated heterocycles. The Balaban J connectivity index is 3.30. The van der Waals surface area contributed by atoms with E-state index in [9.17, 15) is 13.2 Å². The summed E-state index contributed by atoms with van der Waals surface area (Å²) in [5.41, 5.74) is 4.06. The lowest BCUT2D eigenvalue weighted by atomic mass is 10.2. The fourth-order valence-corrected chi connectivity index (χ4v) is 1.03. The summed E-state index contributed by atoms with van der Waals surface area (Å²) in [5, 5.41) is 17.4. The number of hydrogen-bond acceptors (Lipinski definition) is 5. The zero-order valence-corrected chi connectivity index (χ0v) is 7.75. The Morgan fingerprint density at radius 2 is 2.19 bits per heavy atom. The van der Waals surface area contributed by atoms with Gasteiger partial charge in [0.2, 0.25) is 0 Å². The number of anilines is 1. The van der Waals surface area contributed by atoms with E-state index in [1.54, 1.807) is 0 Å². The minimum absolute atomic E-state index is 0.365. The van der Waals surface area contributed by atoms with Crippen molar-refractivity contribution in [2.24, 2.45) is 0 Å². The summed E-state index contributed by atoms with van der Waals surface area (Å²) >= 11 is 0. The van der Waals surface area contributed by atoms with Crippen LogP contribution in [0.3, 0.4) is 0 Å². The zero-order valence-electron chi connectivity index (χ0n) is 7.75. The standard InChI is InChI=1S/C8H6F3N3O2/c9-8(10,11)16-7-4(3-15)6(1-12)14-2-5(7)13/h2,15H,3,13H2. The van der Waals surface area contributed by atoms with Crippen LogP contribution in [0.25, 0.3) is 0 Å². The maximum absolute atomic E-state index is 12.0. The van der Waals surface area contributed by atoms with Crippen LogP contribution in [-0.4, -0.2) is 16.5 Å². The van der Waals surface area contributed by atoms with Crippen LogP contribution < -0.4 is 10.5 Å². The number of nitriles is 1. The number of halogens is 3. The molecule has 1 rings (SSSR count). The number of nitrogens with zero attached hydrogens (tertiary/aromatic N) is 2. The van der Waals surface area contributed by atoms with Crippen molar-refractivity contribution >= 4 is 5.69 Å². The van der Waals surface area contributed by atoms with Crippen molar-refractivity contribution in [2.75, 3.05) is 5.73 Å². The molecule has 0 aliphatic carbocycles.